The van der Waals surface area contributed by atoms with Crippen LogP contribution in [0.25, 0.3) is 0 Å². The van der Waals surface area contributed by atoms with Gasteiger partial charge in [-0.2, -0.15) is 5.26 Å². The van der Waals surface area contributed by atoms with Crippen molar-refractivity contribution in [1.82, 2.24) is 0 Å². The van der Waals surface area contributed by atoms with Crippen LogP contribution in [0.5, 0.6) is 0 Å². The number of anilines is 1. The fourth-order valence-corrected chi connectivity index (χ4v) is 4.46. The van der Waals surface area contributed by atoms with Crippen LogP contribution in [0.4, 0.5) is 16.4 Å². The van der Waals surface area contributed by atoms with Gasteiger partial charge in [0, 0.05) is 10.9 Å². The van der Waals surface area contributed by atoms with Crippen molar-refractivity contribution in [1.29, 1.82) is 5.26 Å². The van der Waals surface area contributed by atoms with E-state index in [1.807, 2.05) is 0 Å². The lowest BCUT2D eigenvalue weighted by atomic mass is 9.88. The largest absolute Gasteiger partial charge is 0.312 e. The number of carbonyl (C=O) groups excluding carboxylic acids is 1. The second kappa shape index (κ2) is 7.13. The first-order chi connectivity index (χ1) is 12.8. The topological polar surface area (TPSA) is 139 Å². The molecule has 0 fully saturated rings. The molecule has 10 heteroatoms. The Kier molecular flexibility index (Phi) is 4.87. The number of fused-ring (bicyclic) bond motifs is 1. The van der Waals surface area contributed by atoms with E-state index in [1.54, 1.807) is 0 Å². The number of benzene rings is 1. The number of nitro groups is 2. The molecule has 0 aliphatic heterocycles. The van der Waals surface area contributed by atoms with Crippen molar-refractivity contribution in [3.8, 4) is 6.07 Å². The lowest BCUT2D eigenvalue weighted by Gasteiger charge is -2.17. The molecule has 0 spiro atoms. The van der Waals surface area contributed by atoms with Crippen LogP contribution >= 0.6 is 11.3 Å². The van der Waals surface area contributed by atoms with Crippen LogP contribution in [0.1, 0.15) is 39.7 Å². The number of nitrogens with one attached hydrogen (secondary N) is 1. The first-order valence-corrected chi connectivity index (χ1v) is 8.92. The highest BCUT2D eigenvalue weighted by molar-refractivity contribution is 7.16. The van der Waals surface area contributed by atoms with E-state index in [2.05, 4.69) is 18.3 Å². The SMILES string of the molecule is C[C@H]1CCc2c(sc(NC(=O)c3ccc([N+](=O)[O-])cc3[N+](=O)[O-])c2C#N)C1. The summed E-state index contributed by atoms with van der Waals surface area (Å²) in [4.78, 5) is 34.1. The number of non-ortho nitro benzene ring substituents is 1. The Morgan fingerprint density at radius 2 is 2.07 bits per heavy atom. The smallest absolute Gasteiger partial charge is 0.289 e. The number of carbonyl (C=O) groups is 1. The standard InChI is InChI=1S/C17H14N4O5S/c1-9-2-4-11-13(8-18)17(27-15(11)6-9)19-16(22)12-5-3-10(20(23)24)7-14(12)21(25)26/h3,5,7,9H,2,4,6H2,1H3,(H,19,22)/t9-/m0/s1. The summed E-state index contributed by atoms with van der Waals surface area (Å²) in [6, 6.07) is 4.95. The van der Waals surface area contributed by atoms with Gasteiger partial charge in [0.1, 0.15) is 16.6 Å². The molecular formula is C17H14N4O5S. The first kappa shape index (κ1) is 18.5. The minimum atomic E-state index is -0.839. The van der Waals surface area contributed by atoms with Crippen LogP contribution in [-0.2, 0) is 12.8 Å². The van der Waals surface area contributed by atoms with Gasteiger partial charge in [-0.25, -0.2) is 0 Å². The van der Waals surface area contributed by atoms with Crippen molar-refractivity contribution in [2.75, 3.05) is 5.32 Å². The molecule has 138 valence electrons. The zero-order valence-electron chi connectivity index (χ0n) is 14.2. The Morgan fingerprint density at radius 3 is 2.70 bits per heavy atom. The number of thiophene rings is 1. The molecule has 0 saturated carbocycles. The number of hydrogen-bond donors (Lipinski definition) is 1. The number of rotatable bonds is 4. The van der Waals surface area contributed by atoms with Gasteiger partial charge < -0.3 is 5.32 Å². The molecule has 27 heavy (non-hydrogen) atoms. The van der Waals surface area contributed by atoms with E-state index in [-0.39, 0.29) is 5.56 Å². The lowest BCUT2D eigenvalue weighted by Crippen LogP contribution is -2.14. The van der Waals surface area contributed by atoms with Crippen LogP contribution in [0.2, 0.25) is 0 Å². The molecular weight excluding hydrogens is 372 g/mol. The Hall–Kier alpha value is -3.32. The minimum Gasteiger partial charge on any atom is -0.312 e. The molecule has 1 N–H and O–H groups in total. The van der Waals surface area contributed by atoms with Crippen molar-refractivity contribution in [2.45, 2.75) is 26.2 Å². The average molecular weight is 386 g/mol. The van der Waals surface area contributed by atoms with Gasteiger partial charge in [-0.15, -0.1) is 11.3 Å². The molecule has 1 aliphatic rings. The Labute approximate surface area is 157 Å². The third-order valence-electron chi connectivity index (χ3n) is 4.48. The van der Waals surface area contributed by atoms with Crippen LogP contribution in [-0.4, -0.2) is 15.8 Å². The molecule has 9 nitrogen and oxygen atoms in total. The van der Waals surface area contributed by atoms with Gasteiger partial charge in [-0.3, -0.25) is 25.0 Å². The minimum absolute atomic E-state index is 0.297. The maximum absolute atomic E-state index is 12.6. The molecule has 1 aromatic heterocycles. The van der Waals surface area contributed by atoms with Crippen molar-refractivity contribution in [3.05, 3.63) is 60.0 Å². The quantitative estimate of drug-likeness (QED) is 0.626. The summed E-state index contributed by atoms with van der Waals surface area (Å²) in [6.45, 7) is 2.12. The number of nitrogens with zero attached hydrogens (tertiary/aromatic N) is 3. The molecule has 1 amide bonds. The van der Waals surface area contributed by atoms with Gasteiger partial charge in [0.25, 0.3) is 17.3 Å². The van der Waals surface area contributed by atoms with Gasteiger partial charge in [-0.1, -0.05) is 6.92 Å². The molecule has 0 radical (unpaired) electrons. The maximum atomic E-state index is 12.6. The number of nitro benzene ring substituents is 2. The van der Waals surface area contributed by atoms with Crippen LogP contribution in [0.15, 0.2) is 18.2 Å². The van der Waals surface area contributed by atoms with Gasteiger partial charge in [0.05, 0.1) is 21.5 Å². The molecule has 2 aromatic rings. The third-order valence-corrected chi connectivity index (χ3v) is 5.65. The molecule has 1 aromatic carbocycles. The van der Waals surface area contributed by atoms with Gasteiger partial charge in [0.15, 0.2) is 0 Å². The van der Waals surface area contributed by atoms with Crippen molar-refractivity contribution in [3.63, 3.8) is 0 Å². The zero-order chi connectivity index (χ0) is 19.7. The predicted octanol–water partition coefficient (Wildman–Crippen LogP) is 3.81. The Balaban J connectivity index is 1.96. The normalized spacial score (nSPS) is 15.5. The summed E-state index contributed by atoms with van der Waals surface area (Å²) in [5.41, 5.74) is -0.116. The highest BCUT2D eigenvalue weighted by Gasteiger charge is 2.28. The second-order valence-electron chi connectivity index (χ2n) is 6.34. The van der Waals surface area contributed by atoms with E-state index < -0.39 is 27.1 Å². The predicted molar refractivity (Wildman–Crippen MR) is 97.9 cm³/mol. The molecule has 1 atom stereocenters. The maximum Gasteiger partial charge on any atom is 0.289 e. The van der Waals surface area contributed by atoms with E-state index in [0.717, 1.165) is 47.9 Å². The van der Waals surface area contributed by atoms with Gasteiger partial charge in [-0.05, 0) is 36.8 Å². The molecule has 1 heterocycles. The average Bonchev–Trinajstić information content (AvgIpc) is 2.96. The van der Waals surface area contributed by atoms with E-state index in [4.69, 9.17) is 0 Å². The van der Waals surface area contributed by atoms with E-state index in [1.165, 1.54) is 11.3 Å². The van der Waals surface area contributed by atoms with E-state index >= 15 is 0 Å². The van der Waals surface area contributed by atoms with E-state index in [0.29, 0.717) is 16.5 Å². The fraction of sp³-hybridized carbons (Fsp3) is 0.294. The van der Waals surface area contributed by atoms with Crippen LogP contribution in [0, 0.1) is 37.5 Å². The second-order valence-corrected chi connectivity index (χ2v) is 7.44. The molecule has 0 unspecified atom stereocenters. The van der Waals surface area contributed by atoms with Gasteiger partial charge >= 0.3 is 0 Å². The van der Waals surface area contributed by atoms with Crippen molar-refractivity contribution >= 4 is 33.6 Å². The molecule has 1 aliphatic carbocycles. The summed E-state index contributed by atoms with van der Waals surface area (Å²) in [5, 5.41) is 34.5. The first-order valence-electron chi connectivity index (χ1n) is 8.10. The summed E-state index contributed by atoms with van der Waals surface area (Å²) in [7, 11) is 0. The molecule has 3 rings (SSSR count). The monoisotopic (exact) mass is 386 g/mol. The van der Waals surface area contributed by atoms with Crippen molar-refractivity contribution < 1.29 is 14.6 Å². The lowest BCUT2D eigenvalue weighted by molar-refractivity contribution is -0.394. The van der Waals surface area contributed by atoms with Crippen LogP contribution < -0.4 is 5.32 Å². The number of hydrogen-bond acceptors (Lipinski definition) is 7. The number of amides is 1. The highest BCUT2D eigenvalue weighted by atomic mass is 32.1. The highest BCUT2D eigenvalue weighted by Crippen LogP contribution is 2.39. The number of nitriles is 1. The Bertz CT molecular complexity index is 1010. The summed E-state index contributed by atoms with van der Waals surface area (Å²) < 4.78 is 0. The fourth-order valence-electron chi connectivity index (χ4n) is 3.10. The van der Waals surface area contributed by atoms with Crippen LogP contribution in [0.3, 0.4) is 0 Å². The van der Waals surface area contributed by atoms with Crippen molar-refractivity contribution in [2.24, 2.45) is 5.92 Å². The molecule has 0 bridgehead atoms. The third kappa shape index (κ3) is 3.50. The summed E-state index contributed by atoms with van der Waals surface area (Å²) in [6.07, 6.45) is 2.53. The molecule has 0 saturated heterocycles. The van der Waals surface area contributed by atoms with E-state index in [9.17, 15) is 30.3 Å². The van der Waals surface area contributed by atoms with Gasteiger partial charge in [0.2, 0.25) is 0 Å². The summed E-state index contributed by atoms with van der Waals surface area (Å²) in [5.74, 6) is -0.290. The Morgan fingerprint density at radius 1 is 1.33 bits per heavy atom. The summed E-state index contributed by atoms with van der Waals surface area (Å²) >= 11 is 1.30. The zero-order valence-corrected chi connectivity index (χ0v) is 15.0.